The van der Waals surface area contributed by atoms with E-state index in [1.165, 1.54) is 12.1 Å². The van der Waals surface area contributed by atoms with Crippen molar-refractivity contribution in [1.29, 1.82) is 0 Å². The van der Waals surface area contributed by atoms with Gasteiger partial charge in [0, 0.05) is 37.1 Å². The maximum Gasteiger partial charge on any atom is 0.191 e. The topological polar surface area (TPSA) is 49.3 Å². The van der Waals surface area contributed by atoms with Crippen LogP contribution in [-0.4, -0.2) is 24.5 Å². The van der Waals surface area contributed by atoms with Gasteiger partial charge in [0.15, 0.2) is 5.96 Å². The molecular formula is C18H23F2IN4. The maximum absolute atomic E-state index is 13.8. The Bertz CT molecular complexity index is 705. The predicted octanol–water partition coefficient (Wildman–Crippen LogP) is 3.75. The molecule has 2 rings (SSSR count). The minimum atomic E-state index is -0.585. The summed E-state index contributed by atoms with van der Waals surface area (Å²) in [4.78, 5) is 8.38. The monoisotopic (exact) mass is 460 g/mol. The van der Waals surface area contributed by atoms with E-state index in [2.05, 4.69) is 20.6 Å². The molecule has 4 nitrogen and oxygen atoms in total. The Morgan fingerprint density at radius 1 is 1.24 bits per heavy atom. The largest absolute Gasteiger partial charge is 0.356 e. The number of aromatic nitrogens is 1. The van der Waals surface area contributed by atoms with Gasteiger partial charge in [-0.15, -0.1) is 24.0 Å². The van der Waals surface area contributed by atoms with Crippen LogP contribution < -0.4 is 10.6 Å². The summed E-state index contributed by atoms with van der Waals surface area (Å²) in [6.07, 6.45) is 2.65. The van der Waals surface area contributed by atoms with E-state index in [1.54, 1.807) is 14.0 Å². The van der Waals surface area contributed by atoms with Crippen LogP contribution in [0.15, 0.2) is 41.5 Å². The maximum atomic E-state index is 13.8. The number of nitrogens with one attached hydrogen (secondary N) is 2. The van der Waals surface area contributed by atoms with Gasteiger partial charge >= 0.3 is 0 Å². The Labute approximate surface area is 164 Å². The lowest BCUT2D eigenvalue weighted by Crippen LogP contribution is -2.39. The van der Waals surface area contributed by atoms with Gasteiger partial charge in [-0.25, -0.2) is 8.78 Å². The second kappa shape index (κ2) is 10.3. The minimum absolute atomic E-state index is 0. The van der Waals surface area contributed by atoms with Gasteiger partial charge < -0.3 is 10.6 Å². The third-order valence-electron chi connectivity index (χ3n) is 3.68. The quantitative estimate of drug-likeness (QED) is 0.406. The molecule has 0 aliphatic carbocycles. The second-order valence-corrected chi connectivity index (χ2v) is 5.59. The average Bonchev–Trinajstić information content (AvgIpc) is 2.55. The van der Waals surface area contributed by atoms with Crippen LogP contribution in [0.5, 0.6) is 0 Å². The molecule has 1 aromatic carbocycles. The summed E-state index contributed by atoms with van der Waals surface area (Å²) >= 11 is 0. The zero-order valence-corrected chi connectivity index (χ0v) is 16.8. The van der Waals surface area contributed by atoms with Gasteiger partial charge in [-0.3, -0.25) is 9.98 Å². The van der Waals surface area contributed by atoms with Gasteiger partial charge in [-0.1, -0.05) is 12.1 Å². The lowest BCUT2D eigenvalue weighted by Gasteiger charge is -2.18. The van der Waals surface area contributed by atoms with Crippen molar-refractivity contribution < 1.29 is 8.78 Å². The standard InChI is InChI=1S/C18H22F2N4.HI/c1-12-4-5-14(11-23-12)8-9-22-18(21-3)24-13(2)16-7-6-15(19)10-17(16)20;/h4-7,10-11,13H,8-9H2,1-3H3,(H2,21,22,24);1H. The Balaban J connectivity index is 0.00000312. The first kappa shape index (κ1) is 21.3. The van der Waals surface area contributed by atoms with Crippen LogP contribution in [0.2, 0.25) is 0 Å². The van der Waals surface area contributed by atoms with Crippen LogP contribution in [0.3, 0.4) is 0 Å². The van der Waals surface area contributed by atoms with E-state index in [1.807, 2.05) is 25.3 Å². The first-order valence-electron chi connectivity index (χ1n) is 7.83. The molecule has 1 unspecified atom stereocenters. The molecule has 136 valence electrons. The Morgan fingerprint density at radius 2 is 2.00 bits per heavy atom. The molecule has 1 heterocycles. The van der Waals surface area contributed by atoms with Crippen molar-refractivity contribution in [2.24, 2.45) is 4.99 Å². The molecule has 0 amide bonds. The van der Waals surface area contributed by atoms with Crippen LogP contribution in [0.1, 0.15) is 29.8 Å². The number of aryl methyl sites for hydroxylation is 1. The predicted molar refractivity (Wildman–Crippen MR) is 107 cm³/mol. The van der Waals surface area contributed by atoms with E-state index in [0.29, 0.717) is 18.1 Å². The van der Waals surface area contributed by atoms with Crippen molar-refractivity contribution in [3.8, 4) is 0 Å². The molecular weight excluding hydrogens is 437 g/mol. The van der Waals surface area contributed by atoms with E-state index in [9.17, 15) is 8.78 Å². The number of aliphatic imine (C=N–C) groups is 1. The van der Waals surface area contributed by atoms with Crippen molar-refractivity contribution in [2.45, 2.75) is 26.3 Å². The number of hydrogen-bond acceptors (Lipinski definition) is 2. The van der Waals surface area contributed by atoms with Gasteiger partial charge in [0.25, 0.3) is 0 Å². The summed E-state index contributed by atoms with van der Waals surface area (Å²) in [5, 5.41) is 6.28. The fourth-order valence-electron chi connectivity index (χ4n) is 2.30. The molecule has 2 aromatic rings. The third kappa shape index (κ3) is 6.56. The molecule has 0 aliphatic rings. The van der Waals surface area contributed by atoms with E-state index < -0.39 is 11.6 Å². The lowest BCUT2D eigenvalue weighted by molar-refractivity contribution is 0.551. The summed E-state index contributed by atoms with van der Waals surface area (Å²) in [5.74, 6) is -0.597. The van der Waals surface area contributed by atoms with Gasteiger partial charge in [-0.05, 0) is 38.0 Å². The number of benzene rings is 1. The zero-order chi connectivity index (χ0) is 17.5. The first-order chi connectivity index (χ1) is 11.5. The Hall–Kier alpha value is -1.77. The van der Waals surface area contributed by atoms with Gasteiger partial charge in [-0.2, -0.15) is 0 Å². The van der Waals surface area contributed by atoms with Gasteiger partial charge in [0.2, 0.25) is 0 Å². The van der Waals surface area contributed by atoms with Gasteiger partial charge in [0.05, 0.1) is 6.04 Å². The average molecular weight is 460 g/mol. The summed E-state index contributed by atoms with van der Waals surface area (Å²) < 4.78 is 26.8. The van der Waals surface area contributed by atoms with Crippen LogP contribution in [0.4, 0.5) is 8.78 Å². The molecule has 0 bridgehead atoms. The van der Waals surface area contributed by atoms with Crippen molar-refractivity contribution in [1.82, 2.24) is 15.6 Å². The van der Waals surface area contributed by atoms with E-state index in [4.69, 9.17) is 0 Å². The fraction of sp³-hybridized carbons (Fsp3) is 0.333. The minimum Gasteiger partial charge on any atom is -0.356 e. The SMILES string of the molecule is CN=C(NCCc1ccc(C)nc1)NC(C)c1ccc(F)cc1F.I. The number of nitrogens with zero attached hydrogens (tertiary/aromatic N) is 2. The number of pyridine rings is 1. The van der Waals surface area contributed by atoms with Crippen molar-refractivity contribution in [3.05, 3.63) is 65.0 Å². The van der Waals surface area contributed by atoms with Crippen molar-refractivity contribution in [2.75, 3.05) is 13.6 Å². The van der Waals surface area contributed by atoms with E-state index >= 15 is 0 Å². The molecule has 1 aromatic heterocycles. The molecule has 0 aliphatic heterocycles. The van der Waals surface area contributed by atoms with E-state index in [0.717, 1.165) is 23.7 Å². The van der Waals surface area contributed by atoms with Crippen LogP contribution in [0, 0.1) is 18.6 Å². The van der Waals surface area contributed by atoms with Crippen molar-refractivity contribution in [3.63, 3.8) is 0 Å². The summed E-state index contributed by atoms with van der Waals surface area (Å²) in [6, 6.07) is 7.25. The van der Waals surface area contributed by atoms with E-state index in [-0.39, 0.29) is 30.0 Å². The lowest BCUT2D eigenvalue weighted by atomic mass is 10.1. The first-order valence-corrected chi connectivity index (χ1v) is 7.83. The summed E-state index contributed by atoms with van der Waals surface area (Å²) in [5.41, 5.74) is 2.50. The third-order valence-corrected chi connectivity index (χ3v) is 3.68. The highest BCUT2D eigenvalue weighted by atomic mass is 127. The number of rotatable bonds is 5. The summed E-state index contributed by atoms with van der Waals surface area (Å²) in [7, 11) is 1.65. The second-order valence-electron chi connectivity index (χ2n) is 5.59. The number of halogens is 3. The van der Waals surface area contributed by atoms with Crippen LogP contribution >= 0.6 is 24.0 Å². The molecule has 7 heteroatoms. The normalized spacial score (nSPS) is 12.3. The molecule has 1 atom stereocenters. The van der Waals surface area contributed by atoms with Crippen LogP contribution in [-0.2, 0) is 6.42 Å². The molecule has 0 spiro atoms. The fourth-order valence-corrected chi connectivity index (χ4v) is 2.30. The highest BCUT2D eigenvalue weighted by molar-refractivity contribution is 14.0. The number of hydrogen-bond donors (Lipinski definition) is 2. The number of guanidine groups is 1. The molecule has 0 saturated carbocycles. The Kier molecular flexibility index (Phi) is 8.74. The molecule has 0 fully saturated rings. The Morgan fingerprint density at radius 3 is 2.60 bits per heavy atom. The zero-order valence-electron chi connectivity index (χ0n) is 14.5. The van der Waals surface area contributed by atoms with Crippen LogP contribution in [0.25, 0.3) is 0 Å². The highest BCUT2D eigenvalue weighted by Gasteiger charge is 2.13. The molecule has 2 N–H and O–H groups in total. The van der Waals surface area contributed by atoms with Crippen molar-refractivity contribution >= 4 is 29.9 Å². The van der Waals surface area contributed by atoms with Gasteiger partial charge in [0.1, 0.15) is 11.6 Å². The molecule has 0 radical (unpaired) electrons. The highest BCUT2D eigenvalue weighted by Crippen LogP contribution is 2.17. The molecule has 25 heavy (non-hydrogen) atoms. The summed E-state index contributed by atoms with van der Waals surface area (Å²) in [6.45, 7) is 4.42. The molecule has 0 saturated heterocycles. The smallest absolute Gasteiger partial charge is 0.191 e.